The van der Waals surface area contributed by atoms with Crippen LogP contribution < -0.4 is 5.32 Å². The van der Waals surface area contributed by atoms with Crippen LogP contribution in [0.4, 0.5) is 5.69 Å². The Morgan fingerprint density at radius 1 is 1.20 bits per heavy atom. The molecule has 1 heterocycles. The molecule has 20 heavy (non-hydrogen) atoms. The summed E-state index contributed by atoms with van der Waals surface area (Å²) in [6.07, 6.45) is 3.20. The van der Waals surface area contributed by atoms with E-state index in [0.717, 1.165) is 12.3 Å². The summed E-state index contributed by atoms with van der Waals surface area (Å²) in [4.78, 5) is 2.58. The molecule has 0 atom stereocenters. The summed E-state index contributed by atoms with van der Waals surface area (Å²) in [5, 5.41) is 12.6. The summed E-state index contributed by atoms with van der Waals surface area (Å²) < 4.78 is 0. The number of nitrogens with one attached hydrogen (secondary N) is 1. The first-order chi connectivity index (χ1) is 9.67. The SMILES string of the molecule is CC(C)CN1CCC(Nc2ccc(CCO)cc2)CC1. The molecule has 2 N–H and O–H groups in total. The van der Waals surface area contributed by atoms with Gasteiger partial charge in [0.05, 0.1) is 0 Å². The van der Waals surface area contributed by atoms with Crippen molar-refractivity contribution in [3.8, 4) is 0 Å². The maximum atomic E-state index is 8.92. The fourth-order valence-corrected chi connectivity index (χ4v) is 2.91. The van der Waals surface area contributed by atoms with Gasteiger partial charge in [-0.25, -0.2) is 0 Å². The molecule has 0 bridgehead atoms. The minimum atomic E-state index is 0.223. The number of benzene rings is 1. The minimum absolute atomic E-state index is 0.223. The summed E-state index contributed by atoms with van der Waals surface area (Å²) in [5.74, 6) is 0.763. The monoisotopic (exact) mass is 276 g/mol. The maximum absolute atomic E-state index is 8.92. The summed E-state index contributed by atoms with van der Waals surface area (Å²) in [5.41, 5.74) is 2.40. The predicted molar refractivity (Wildman–Crippen MR) is 85.2 cm³/mol. The lowest BCUT2D eigenvalue weighted by molar-refractivity contribution is 0.198. The highest BCUT2D eigenvalue weighted by molar-refractivity contribution is 5.45. The molecule has 1 aliphatic rings. The molecular formula is C17H28N2O. The summed E-state index contributed by atoms with van der Waals surface area (Å²) >= 11 is 0. The number of anilines is 1. The van der Waals surface area contributed by atoms with E-state index < -0.39 is 0 Å². The molecular weight excluding hydrogens is 248 g/mol. The van der Waals surface area contributed by atoms with Crippen LogP contribution in [0.3, 0.4) is 0 Å². The summed E-state index contributed by atoms with van der Waals surface area (Å²) in [7, 11) is 0. The molecule has 0 spiro atoms. The Hall–Kier alpha value is -1.06. The van der Waals surface area contributed by atoms with E-state index in [9.17, 15) is 0 Å². The number of rotatable bonds is 6. The van der Waals surface area contributed by atoms with E-state index in [2.05, 4.69) is 48.3 Å². The van der Waals surface area contributed by atoms with Gasteiger partial charge in [0.2, 0.25) is 0 Å². The summed E-state index contributed by atoms with van der Waals surface area (Å²) in [6.45, 7) is 8.44. The highest BCUT2D eigenvalue weighted by atomic mass is 16.2. The van der Waals surface area contributed by atoms with E-state index in [-0.39, 0.29) is 6.61 Å². The standard InChI is InChI=1S/C17H28N2O/c1-14(2)13-19-10-7-17(8-11-19)18-16-5-3-15(4-6-16)9-12-20/h3-6,14,17-18,20H,7-13H2,1-2H3. The number of nitrogens with zero attached hydrogens (tertiary/aromatic N) is 1. The van der Waals surface area contributed by atoms with Gasteiger partial charge in [-0.05, 0) is 42.9 Å². The number of hydrogen-bond acceptors (Lipinski definition) is 3. The van der Waals surface area contributed by atoms with Crippen LogP contribution in [0.1, 0.15) is 32.3 Å². The van der Waals surface area contributed by atoms with Crippen molar-refractivity contribution in [3.63, 3.8) is 0 Å². The molecule has 0 unspecified atom stereocenters. The predicted octanol–water partition coefficient (Wildman–Crippen LogP) is 2.75. The quantitative estimate of drug-likeness (QED) is 0.838. The van der Waals surface area contributed by atoms with Crippen molar-refractivity contribution >= 4 is 5.69 Å². The normalized spacial score (nSPS) is 17.6. The molecule has 1 aliphatic heterocycles. The third kappa shape index (κ3) is 4.80. The Balaban J connectivity index is 1.77. The first kappa shape index (κ1) is 15.3. The Bertz CT molecular complexity index is 380. The van der Waals surface area contributed by atoms with Gasteiger partial charge >= 0.3 is 0 Å². The van der Waals surface area contributed by atoms with Crippen LogP contribution >= 0.6 is 0 Å². The molecule has 0 aromatic heterocycles. The second kappa shape index (κ2) is 7.65. The fraction of sp³-hybridized carbons (Fsp3) is 0.647. The van der Waals surface area contributed by atoms with Crippen molar-refractivity contribution in [1.82, 2.24) is 4.90 Å². The van der Waals surface area contributed by atoms with Crippen LogP contribution in [0, 0.1) is 5.92 Å². The average Bonchev–Trinajstić information content (AvgIpc) is 2.43. The van der Waals surface area contributed by atoms with Gasteiger partial charge in [-0.1, -0.05) is 26.0 Å². The molecule has 112 valence electrons. The molecule has 0 amide bonds. The molecule has 0 radical (unpaired) electrons. The molecule has 1 aromatic rings. The number of piperidine rings is 1. The van der Waals surface area contributed by atoms with Gasteiger partial charge in [-0.3, -0.25) is 0 Å². The molecule has 0 aliphatic carbocycles. The molecule has 1 aromatic carbocycles. The molecule has 1 saturated heterocycles. The van der Waals surface area contributed by atoms with Crippen molar-refractivity contribution < 1.29 is 5.11 Å². The minimum Gasteiger partial charge on any atom is -0.396 e. The van der Waals surface area contributed by atoms with E-state index in [1.807, 2.05) is 0 Å². The Morgan fingerprint density at radius 3 is 2.40 bits per heavy atom. The highest BCUT2D eigenvalue weighted by Gasteiger charge is 2.19. The first-order valence-electron chi connectivity index (χ1n) is 7.86. The van der Waals surface area contributed by atoms with Crippen LogP contribution in [0.5, 0.6) is 0 Å². The second-order valence-corrected chi connectivity index (χ2v) is 6.28. The molecule has 3 nitrogen and oxygen atoms in total. The van der Waals surface area contributed by atoms with Crippen molar-refractivity contribution in [2.24, 2.45) is 5.92 Å². The van der Waals surface area contributed by atoms with Crippen molar-refractivity contribution in [1.29, 1.82) is 0 Å². The van der Waals surface area contributed by atoms with Crippen LogP contribution in [0.15, 0.2) is 24.3 Å². The number of aliphatic hydroxyl groups excluding tert-OH is 1. The smallest absolute Gasteiger partial charge is 0.0471 e. The average molecular weight is 276 g/mol. The third-order valence-corrected chi connectivity index (χ3v) is 3.94. The van der Waals surface area contributed by atoms with E-state index in [1.54, 1.807) is 0 Å². The molecule has 2 rings (SSSR count). The van der Waals surface area contributed by atoms with E-state index >= 15 is 0 Å². The lowest BCUT2D eigenvalue weighted by atomic mass is 10.0. The van der Waals surface area contributed by atoms with Gasteiger partial charge in [-0.2, -0.15) is 0 Å². The van der Waals surface area contributed by atoms with E-state index in [4.69, 9.17) is 5.11 Å². The molecule has 3 heteroatoms. The lowest BCUT2D eigenvalue weighted by Gasteiger charge is -2.33. The Morgan fingerprint density at radius 2 is 1.85 bits per heavy atom. The second-order valence-electron chi connectivity index (χ2n) is 6.28. The van der Waals surface area contributed by atoms with Gasteiger partial charge in [0.25, 0.3) is 0 Å². The third-order valence-electron chi connectivity index (χ3n) is 3.94. The molecule has 0 saturated carbocycles. The van der Waals surface area contributed by atoms with Crippen LogP contribution in [0.2, 0.25) is 0 Å². The highest BCUT2D eigenvalue weighted by Crippen LogP contribution is 2.18. The first-order valence-corrected chi connectivity index (χ1v) is 7.86. The van der Waals surface area contributed by atoms with Gasteiger partial charge < -0.3 is 15.3 Å². The van der Waals surface area contributed by atoms with Gasteiger partial charge in [0.1, 0.15) is 0 Å². The Kier molecular flexibility index (Phi) is 5.86. The van der Waals surface area contributed by atoms with Gasteiger partial charge in [-0.15, -0.1) is 0 Å². The topological polar surface area (TPSA) is 35.5 Å². The van der Waals surface area contributed by atoms with Crippen molar-refractivity contribution in [3.05, 3.63) is 29.8 Å². The van der Waals surface area contributed by atoms with Crippen LogP contribution in [-0.4, -0.2) is 42.3 Å². The van der Waals surface area contributed by atoms with Crippen LogP contribution in [-0.2, 0) is 6.42 Å². The fourth-order valence-electron chi connectivity index (χ4n) is 2.91. The lowest BCUT2D eigenvalue weighted by Crippen LogP contribution is -2.40. The van der Waals surface area contributed by atoms with Crippen LogP contribution in [0.25, 0.3) is 0 Å². The zero-order chi connectivity index (χ0) is 14.4. The van der Waals surface area contributed by atoms with Gasteiger partial charge in [0.15, 0.2) is 0 Å². The number of aliphatic hydroxyl groups is 1. The zero-order valence-electron chi connectivity index (χ0n) is 12.8. The van der Waals surface area contributed by atoms with E-state index in [1.165, 1.54) is 43.7 Å². The molecule has 1 fully saturated rings. The Labute approximate surface area is 123 Å². The summed E-state index contributed by atoms with van der Waals surface area (Å²) in [6, 6.07) is 9.07. The number of likely N-dealkylation sites (tertiary alicyclic amines) is 1. The van der Waals surface area contributed by atoms with Crippen molar-refractivity contribution in [2.45, 2.75) is 39.2 Å². The van der Waals surface area contributed by atoms with E-state index in [0.29, 0.717) is 6.04 Å². The van der Waals surface area contributed by atoms with Gasteiger partial charge in [0, 0.05) is 38.0 Å². The number of hydrogen-bond donors (Lipinski definition) is 2. The zero-order valence-corrected chi connectivity index (χ0v) is 12.8. The van der Waals surface area contributed by atoms with Crippen molar-refractivity contribution in [2.75, 3.05) is 31.6 Å². The largest absolute Gasteiger partial charge is 0.396 e. The maximum Gasteiger partial charge on any atom is 0.0471 e.